The van der Waals surface area contributed by atoms with Gasteiger partial charge in [-0.3, -0.25) is 9.10 Å². The third-order valence-electron chi connectivity index (χ3n) is 8.76. The lowest BCUT2D eigenvalue weighted by Crippen LogP contribution is -2.44. The van der Waals surface area contributed by atoms with E-state index in [1.165, 1.54) is 4.31 Å². The molecule has 1 amide bonds. The van der Waals surface area contributed by atoms with Crippen molar-refractivity contribution >= 4 is 21.6 Å². The van der Waals surface area contributed by atoms with Crippen LogP contribution in [0.2, 0.25) is 0 Å². The minimum absolute atomic E-state index is 0.0284. The largest absolute Gasteiger partial charge is 0.506 e. The van der Waals surface area contributed by atoms with Crippen LogP contribution in [-0.4, -0.2) is 51.8 Å². The first-order valence-corrected chi connectivity index (χ1v) is 16.5. The standard InChI is InChI=1S/C32H46N2O6S/c1-4-40-22-21-32(19-7-8-20-32)31(36)33-24(2)11-12-25-13-18-29(30(35)23-25)34(26-9-5-6-10-26)41(37,38)28-16-14-27(39-3)15-17-28/h13-18,23-24,26,35H,4-12,19-22H2,1-3H3,(H,33,36)/t24-/m0/s1. The predicted molar refractivity (Wildman–Crippen MR) is 161 cm³/mol. The molecule has 2 aliphatic rings. The molecule has 2 fully saturated rings. The number of rotatable bonds is 14. The van der Waals surface area contributed by atoms with Gasteiger partial charge in [0.15, 0.2) is 0 Å². The number of amides is 1. The number of sulfonamides is 1. The second-order valence-electron chi connectivity index (χ2n) is 11.6. The molecular formula is C32H46N2O6S. The zero-order valence-electron chi connectivity index (χ0n) is 24.7. The van der Waals surface area contributed by atoms with Crippen LogP contribution < -0.4 is 14.4 Å². The van der Waals surface area contributed by atoms with E-state index in [1.54, 1.807) is 43.5 Å². The van der Waals surface area contributed by atoms with E-state index in [-0.39, 0.29) is 34.1 Å². The fourth-order valence-corrected chi connectivity index (χ4v) is 8.04. The van der Waals surface area contributed by atoms with E-state index in [4.69, 9.17) is 9.47 Å². The van der Waals surface area contributed by atoms with Crippen LogP contribution in [-0.2, 0) is 26.0 Å². The van der Waals surface area contributed by atoms with E-state index in [1.807, 2.05) is 19.9 Å². The van der Waals surface area contributed by atoms with Gasteiger partial charge in [-0.2, -0.15) is 0 Å². The van der Waals surface area contributed by atoms with Gasteiger partial charge in [0.2, 0.25) is 5.91 Å². The van der Waals surface area contributed by atoms with Crippen molar-refractivity contribution in [3.63, 3.8) is 0 Å². The molecule has 0 aromatic heterocycles. The molecule has 8 nitrogen and oxygen atoms in total. The van der Waals surface area contributed by atoms with Crippen LogP contribution in [0, 0.1) is 5.41 Å². The van der Waals surface area contributed by atoms with E-state index < -0.39 is 10.0 Å². The van der Waals surface area contributed by atoms with Gasteiger partial charge in [0, 0.05) is 25.3 Å². The second kappa shape index (κ2) is 13.9. The highest BCUT2D eigenvalue weighted by Crippen LogP contribution is 2.42. The first-order valence-electron chi connectivity index (χ1n) is 15.1. The highest BCUT2D eigenvalue weighted by Gasteiger charge is 2.41. The van der Waals surface area contributed by atoms with Crippen LogP contribution in [0.3, 0.4) is 0 Å². The summed E-state index contributed by atoms with van der Waals surface area (Å²) < 4.78 is 39.8. The number of aryl methyl sites for hydroxylation is 1. The third-order valence-corrected chi connectivity index (χ3v) is 10.6. The molecule has 1 atom stereocenters. The Balaban J connectivity index is 1.45. The van der Waals surface area contributed by atoms with Crippen LogP contribution in [0.4, 0.5) is 5.69 Å². The number of benzene rings is 2. The quantitative estimate of drug-likeness (QED) is 0.265. The number of methoxy groups -OCH3 is 1. The maximum Gasteiger partial charge on any atom is 0.264 e. The lowest BCUT2D eigenvalue weighted by atomic mass is 9.81. The van der Waals surface area contributed by atoms with Gasteiger partial charge in [-0.15, -0.1) is 0 Å². The second-order valence-corrected chi connectivity index (χ2v) is 13.4. The molecule has 0 spiro atoms. The highest BCUT2D eigenvalue weighted by atomic mass is 32.2. The fourth-order valence-electron chi connectivity index (χ4n) is 6.32. The third kappa shape index (κ3) is 7.36. The summed E-state index contributed by atoms with van der Waals surface area (Å²) in [5.41, 5.74) is 0.866. The van der Waals surface area contributed by atoms with E-state index in [9.17, 15) is 18.3 Å². The molecule has 2 aromatic carbocycles. The Kier molecular flexibility index (Phi) is 10.6. The molecule has 41 heavy (non-hydrogen) atoms. The van der Waals surface area contributed by atoms with Crippen molar-refractivity contribution in [2.45, 2.75) is 101 Å². The van der Waals surface area contributed by atoms with Crippen LogP contribution in [0.15, 0.2) is 47.4 Å². The summed E-state index contributed by atoms with van der Waals surface area (Å²) in [6.07, 6.45) is 9.49. The highest BCUT2D eigenvalue weighted by molar-refractivity contribution is 7.92. The number of hydrogen-bond acceptors (Lipinski definition) is 6. The molecule has 0 heterocycles. The molecule has 2 saturated carbocycles. The first kappa shape index (κ1) is 31.2. The number of ether oxygens (including phenoxy) is 2. The monoisotopic (exact) mass is 586 g/mol. The number of anilines is 1. The normalized spacial score (nSPS) is 17.8. The van der Waals surface area contributed by atoms with Crippen molar-refractivity contribution in [1.29, 1.82) is 0 Å². The summed E-state index contributed by atoms with van der Waals surface area (Å²) in [5.74, 6) is 0.651. The molecular weight excluding hydrogens is 540 g/mol. The maximum atomic E-state index is 13.8. The topological polar surface area (TPSA) is 105 Å². The van der Waals surface area contributed by atoms with Crippen LogP contribution in [0.25, 0.3) is 0 Å². The molecule has 0 bridgehead atoms. The average molecular weight is 587 g/mol. The molecule has 2 aromatic rings. The minimum Gasteiger partial charge on any atom is -0.506 e. The number of carbonyl (C=O) groups excluding carboxylic acids is 1. The predicted octanol–water partition coefficient (Wildman–Crippen LogP) is 5.96. The van der Waals surface area contributed by atoms with Gasteiger partial charge in [0.05, 0.1) is 23.1 Å². The number of hydrogen-bond donors (Lipinski definition) is 2. The summed E-state index contributed by atoms with van der Waals surface area (Å²) in [6, 6.07) is 11.4. The Morgan fingerprint density at radius 3 is 2.39 bits per heavy atom. The summed E-state index contributed by atoms with van der Waals surface area (Å²) >= 11 is 0. The Hall–Kier alpha value is -2.78. The Morgan fingerprint density at radius 1 is 1.10 bits per heavy atom. The van der Waals surface area contributed by atoms with Crippen LogP contribution in [0.1, 0.15) is 83.6 Å². The number of aromatic hydroxyl groups is 1. The van der Waals surface area contributed by atoms with Crippen molar-refractivity contribution in [3.8, 4) is 11.5 Å². The maximum absolute atomic E-state index is 13.8. The molecule has 0 saturated heterocycles. The van der Waals surface area contributed by atoms with Crippen molar-refractivity contribution < 1.29 is 27.8 Å². The molecule has 0 radical (unpaired) electrons. The smallest absolute Gasteiger partial charge is 0.264 e. The molecule has 4 rings (SSSR count). The number of nitrogens with one attached hydrogen (secondary N) is 1. The average Bonchev–Trinajstić information content (AvgIpc) is 3.67. The number of carbonyl (C=O) groups is 1. The van der Waals surface area contributed by atoms with Crippen molar-refractivity contribution in [3.05, 3.63) is 48.0 Å². The summed E-state index contributed by atoms with van der Waals surface area (Å²) in [7, 11) is -2.36. The van der Waals surface area contributed by atoms with Gasteiger partial charge >= 0.3 is 0 Å². The minimum atomic E-state index is -3.90. The number of nitrogens with zero attached hydrogens (tertiary/aromatic N) is 1. The van der Waals surface area contributed by atoms with Crippen LogP contribution in [0.5, 0.6) is 11.5 Å². The van der Waals surface area contributed by atoms with Gasteiger partial charge in [0.1, 0.15) is 11.5 Å². The summed E-state index contributed by atoms with van der Waals surface area (Å²) in [5, 5.41) is 14.3. The molecule has 0 unspecified atom stereocenters. The Bertz CT molecular complexity index is 1250. The Morgan fingerprint density at radius 2 is 1.78 bits per heavy atom. The van der Waals surface area contributed by atoms with Crippen molar-refractivity contribution in [2.75, 3.05) is 24.6 Å². The van der Waals surface area contributed by atoms with Crippen molar-refractivity contribution in [1.82, 2.24) is 5.32 Å². The number of phenols is 1. The van der Waals surface area contributed by atoms with Gasteiger partial charge in [-0.05, 0) is 101 Å². The molecule has 2 aliphatic carbocycles. The summed E-state index contributed by atoms with van der Waals surface area (Å²) in [4.78, 5) is 13.4. The first-order chi connectivity index (χ1) is 19.7. The lowest BCUT2D eigenvalue weighted by molar-refractivity contribution is -0.132. The van der Waals surface area contributed by atoms with Gasteiger partial charge in [0.25, 0.3) is 10.0 Å². The Labute approximate surface area is 245 Å². The lowest BCUT2D eigenvalue weighted by Gasteiger charge is -2.31. The van der Waals surface area contributed by atoms with E-state index >= 15 is 0 Å². The van der Waals surface area contributed by atoms with Gasteiger partial charge in [-0.1, -0.05) is 31.7 Å². The van der Waals surface area contributed by atoms with Crippen molar-refractivity contribution in [2.24, 2.45) is 5.41 Å². The molecule has 226 valence electrons. The SMILES string of the molecule is CCOCCC1(C(=O)N[C@@H](C)CCc2ccc(N(C3CCCC3)S(=O)(=O)c3ccc(OC)cc3)c(O)c2)CCCC1. The summed E-state index contributed by atoms with van der Waals surface area (Å²) in [6.45, 7) is 5.25. The zero-order chi connectivity index (χ0) is 29.5. The molecule has 0 aliphatic heterocycles. The van der Waals surface area contributed by atoms with Gasteiger partial charge in [-0.25, -0.2) is 8.42 Å². The van der Waals surface area contributed by atoms with E-state index in [0.717, 1.165) is 63.4 Å². The van der Waals surface area contributed by atoms with Crippen LogP contribution >= 0.6 is 0 Å². The number of phenolic OH excluding ortho intramolecular Hbond substituents is 1. The zero-order valence-corrected chi connectivity index (χ0v) is 25.5. The molecule has 9 heteroatoms. The van der Waals surface area contributed by atoms with Gasteiger partial charge < -0.3 is 19.9 Å². The van der Waals surface area contributed by atoms with E-state index in [2.05, 4.69) is 5.32 Å². The van der Waals surface area contributed by atoms with E-state index in [0.29, 0.717) is 37.5 Å². The molecule has 2 N–H and O–H groups in total. The fraction of sp³-hybridized carbons (Fsp3) is 0.594.